The quantitative estimate of drug-likeness (QED) is 0.810. The number of carbonyl (C=O) groups is 1. The normalized spacial score (nSPS) is 19.3. The molecule has 0 radical (unpaired) electrons. The van der Waals surface area contributed by atoms with Crippen LogP contribution in [0.5, 0.6) is 0 Å². The molecule has 23 heavy (non-hydrogen) atoms. The van der Waals surface area contributed by atoms with Crippen molar-refractivity contribution < 1.29 is 9.90 Å². The van der Waals surface area contributed by atoms with Gasteiger partial charge in [0.25, 0.3) is 0 Å². The molecule has 128 valence electrons. The van der Waals surface area contributed by atoms with E-state index in [2.05, 4.69) is 40.5 Å². The summed E-state index contributed by atoms with van der Waals surface area (Å²) in [4.78, 5) is 14.5. The number of benzene rings is 1. The topological polar surface area (TPSA) is 52.6 Å². The first-order valence-electron chi connectivity index (χ1n) is 8.83. The van der Waals surface area contributed by atoms with Crippen LogP contribution in [0.2, 0.25) is 0 Å². The third-order valence-electron chi connectivity index (χ3n) is 5.00. The predicted octanol–water partition coefficient (Wildman–Crippen LogP) is 2.22. The first kappa shape index (κ1) is 18.0. The Bertz CT molecular complexity index is 466. The minimum absolute atomic E-state index is 0.00805. The van der Waals surface area contributed by atoms with Crippen molar-refractivity contribution in [2.75, 3.05) is 19.7 Å². The van der Waals surface area contributed by atoms with E-state index in [0.717, 1.165) is 38.8 Å². The first-order chi connectivity index (χ1) is 11.1. The van der Waals surface area contributed by atoms with Crippen molar-refractivity contribution in [1.29, 1.82) is 0 Å². The molecule has 1 aromatic rings. The van der Waals surface area contributed by atoms with Crippen LogP contribution in [0.15, 0.2) is 30.3 Å². The second kappa shape index (κ2) is 9.04. The van der Waals surface area contributed by atoms with Crippen LogP contribution in [-0.4, -0.2) is 47.7 Å². The van der Waals surface area contributed by atoms with Crippen molar-refractivity contribution in [1.82, 2.24) is 10.2 Å². The van der Waals surface area contributed by atoms with Crippen LogP contribution in [-0.2, 0) is 11.2 Å². The zero-order valence-corrected chi connectivity index (χ0v) is 14.4. The smallest absolute Gasteiger partial charge is 0.237 e. The minimum atomic E-state index is -0.124. The molecule has 2 unspecified atom stereocenters. The lowest BCUT2D eigenvalue weighted by atomic mass is 9.89. The van der Waals surface area contributed by atoms with E-state index in [4.69, 9.17) is 0 Å². The van der Waals surface area contributed by atoms with Gasteiger partial charge in [-0.25, -0.2) is 0 Å². The highest BCUT2D eigenvalue weighted by molar-refractivity contribution is 5.81. The summed E-state index contributed by atoms with van der Waals surface area (Å²) in [5, 5.41) is 12.1. The van der Waals surface area contributed by atoms with Gasteiger partial charge in [-0.15, -0.1) is 0 Å². The van der Waals surface area contributed by atoms with Gasteiger partial charge in [0, 0.05) is 0 Å². The van der Waals surface area contributed by atoms with E-state index in [1.54, 1.807) is 0 Å². The lowest BCUT2D eigenvalue weighted by molar-refractivity contribution is -0.127. The Balaban J connectivity index is 1.78. The fraction of sp³-hybridized carbons (Fsp3) is 0.632. The van der Waals surface area contributed by atoms with Crippen LogP contribution < -0.4 is 5.32 Å². The Hall–Kier alpha value is -1.39. The molecule has 0 bridgehead atoms. The molecule has 0 saturated carbocycles. The van der Waals surface area contributed by atoms with Gasteiger partial charge < -0.3 is 10.4 Å². The van der Waals surface area contributed by atoms with Gasteiger partial charge >= 0.3 is 0 Å². The lowest BCUT2D eigenvalue weighted by Crippen LogP contribution is -2.51. The van der Waals surface area contributed by atoms with Gasteiger partial charge in [-0.1, -0.05) is 37.3 Å². The van der Waals surface area contributed by atoms with Crippen molar-refractivity contribution in [3.05, 3.63) is 35.9 Å². The maximum absolute atomic E-state index is 12.3. The van der Waals surface area contributed by atoms with Crippen LogP contribution in [0.3, 0.4) is 0 Å². The average Bonchev–Trinajstić information content (AvgIpc) is 2.60. The molecule has 1 heterocycles. The highest BCUT2D eigenvalue weighted by atomic mass is 16.3. The highest BCUT2D eigenvalue weighted by Gasteiger charge is 2.27. The molecule has 0 aromatic heterocycles. The molecule has 1 aliphatic rings. The van der Waals surface area contributed by atoms with Crippen LogP contribution in [0.25, 0.3) is 0 Å². The third kappa shape index (κ3) is 5.33. The number of carbonyl (C=O) groups excluding carboxylic acids is 1. The molecule has 0 aliphatic carbocycles. The molecule has 2 rings (SSSR count). The van der Waals surface area contributed by atoms with Gasteiger partial charge in [-0.05, 0) is 57.2 Å². The van der Waals surface area contributed by atoms with Crippen molar-refractivity contribution >= 4 is 5.91 Å². The second-order valence-electron chi connectivity index (χ2n) is 6.64. The van der Waals surface area contributed by atoms with Gasteiger partial charge in [0.2, 0.25) is 5.91 Å². The fourth-order valence-corrected chi connectivity index (χ4v) is 3.26. The maximum atomic E-state index is 12.3. The Labute approximate surface area is 139 Å². The van der Waals surface area contributed by atoms with E-state index in [9.17, 15) is 9.90 Å². The number of nitrogens with zero attached hydrogens (tertiary/aromatic N) is 1. The number of rotatable bonds is 7. The number of piperidine rings is 1. The Morgan fingerprint density at radius 3 is 2.52 bits per heavy atom. The monoisotopic (exact) mass is 318 g/mol. The number of aliphatic hydroxyl groups excluding tert-OH is 1. The van der Waals surface area contributed by atoms with Gasteiger partial charge in [0.1, 0.15) is 0 Å². The molecular formula is C19H30N2O2. The fourth-order valence-electron chi connectivity index (χ4n) is 3.26. The number of hydrogen-bond donors (Lipinski definition) is 2. The van der Waals surface area contributed by atoms with Crippen molar-refractivity contribution in [2.24, 2.45) is 5.92 Å². The Morgan fingerprint density at radius 2 is 1.96 bits per heavy atom. The number of aliphatic hydroxyl groups is 1. The largest absolute Gasteiger partial charge is 0.394 e. The summed E-state index contributed by atoms with van der Waals surface area (Å²) in [6.07, 6.45) is 4.18. The van der Waals surface area contributed by atoms with E-state index in [1.165, 1.54) is 5.56 Å². The van der Waals surface area contributed by atoms with Crippen LogP contribution in [0, 0.1) is 5.92 Å². The maximum Gasteiger partial charge on any atom is 0.237 e. The van der Waals surface area contributed by atoms with Crippen LogP contribution in [0.4, 0.5) is 0 Å². The SMILES string of the molecule is CCC(CO)NC(=O)C(C)N1CCC(Cc2ccccc2)CC1. The van der Waals surface area contributed by atoms with Crippen molar-refractivity contribution in [3.8, 4) is 0 Å². The minimum Gasteiger partial charge on any atom is -0.394 e. The van der Waals surface area contributed by atoms with Gasteiger partial charge in [-0.3, -0.25) is 9.69 Å². The van der Waals surface area contributed by atoms with Gasteiger partial charge in [0.15, 0.2) is 0 Å². The van der Waals surface area contributed by atoms with Crippen LogP contribution >= 0.6 is 0 Å². The molecule has 1 saturated heterocycles. The van der Waals surface area contributed by atoms with Gasteiger partial charge in [-0.2, -0.15) is 0 Å². The molecule has 1 aliphatic heterocycles. The Morgan fingerprint density at radius 1 is 1.30 bits per heavy atom. The number of hydrogen-bond acceptors (Lipinski definition) is 3. The Kier molecular flexibility index (Phi) is 7.06. The standard InChI is InChI=1S/C19H30N2O2/c1-3-18(14-22)20-19(23)15(2)21-11-9-17(10-12-21)13-16-7-5-4-6-8-16/h4-8,15,17-18,22H,3,9-14H2,1-2H3,(H,20,23). The summed E-state index contributed by atoms with van der Waals surface area (Å²) >= 11 is 0. The zero-order chi connectivity index (χ0) is 16.7. The van der Waals surface area contributed by atoms with Gasteiger partial charge in [0.05, 0.1) is 18.7 Å². The molecule has 2 atom stereocenters. The highest BCUT2D eigenvalue weighted by Crippen LogP contribution is 2.23. The zero-order valence-electron chi connectivity index (χ0n) is 14.4. The summed E-state index contributed by atoms with van der Waals surface area (Å²) in [6.45, 7) is 5.90. The lowest BCUT2D eigenvalue weighted by Gasteiger charge is -2.35. The molecule has 1 fully saturated rings. The molecular weight excluding hydrogens is 288 g/mol. The molecule has 1 aromatic carbocycles. The summed E-state index contributed by atoms with van der Waals surface area (Å²) in [6, 6.07) is 10.4. The number of nitrogens with one attached hydrogen (secondary N) is 1. The summed E-state index contributed by atoms with van der Waals surface area (Å²) in [5.74, 6) is 0.747. The van der Waals surface area contributed by atoms with Crippen LogP contribution in [0.1, 0.15) is 38.7 Å². The number of likely N-dealkylation sites (tertiary alicyclic amines) is 1. The van der Waals surface area contributed by atoms with Crippen molar-refractivity contribution in [3.63, 3.8) is 0 Å². The molecule has 2 N–H and O–H groups in total. The summed E-state index contributed by atoms with van der Waals surface area (Å²) < 4.78 is 0. The van der Waals surface area contributed by atoms with E-state index in [0.29, 0.717) is 5.92 Å². The van der Waals surface area contributed by atoms with Crippen molar-refractivity contribution in [2.45, 2.75) is 51.6 Å². The van der Waals surface area contributed by atoms with E-state index >= 15 is 0 Å². The predicted molar refractivity (Wildman–Crippen MR) is 93.2 cm³/mol. The van der Waals surface area contributed by atoms with E-state index in [-0.39, 0.29) is 24.6 Å². The second-order valence-corrected chi connectivity index (χ2v) is 6.64. The summed E-state index contributed by atoms with van der Waals surface area (Å²) in [5.41, 5.74) is 1.41. The number of amides is 1. The molecule has 1 amide bonds. The van der Waals surface area contributed by atoms with E-state index < -0.39 is 0 Å². The third-order valence-corrected chi connectivity index (χ3v) is 5.00. The average molecular weight is 318 g/mol. The molecule has 4 heteroatoms. The molecule has 0 spiro atoms. The first-order valence-corrected chi connectivity index (χ1v) is 8.83. The molecule has 4 nitrogen and oxygen atoms in total. The summed E-state index contributed by atoms with van der Waals surface area (Å²) in [7, 11) is 0. The van der Waals surface area contributed by atoms with E-state index in [1.807, 2.05) is 13.8 Å².